The average molecular weight is 330 g/mol. The van der Waals surface area contributed by atoms with E-state index in [2.05, 4.69) is 15.5 Å². The summed E-state index contributed by atoms with van der Waals surface area (Å²) in [7, 11) is 0. The second-order valence-corrected chi connectivity index (χ2v) is 6.07. The van der Waals surface area contributed by atoms with Gasteiger partial charge in [-0.3, -0.25) is 14.5 Å². The summed E-state index contributed by atoms with van der Waals surface area (Å²) >= 11 is 0. The lowest BCUT2D eigenvalue weighted by Gasteiger charge is -2.21. The maximum Gasteiger partial charge on any atom is 0.324 e. The largest absolute Gasteiger partial charge is 0.370 e. The molecule has 7 heteroatoms. The van der Waals surface area contributed by atoms with E-state index in [9.17, 15) is 14.4 Å². The van der Waals surface area contributed by atoms with Crippen molar-refractivity contribution in [2.24, 2.45) is 0 Å². The molecule has 0 atom stereocenters. The van der Waals surface area contributed by atoms with Crippen molar-refractivity contribution in [2.45, 2.75) is 25.7 Å². The summed E-state index contributed by atoms with van der Waals surface area (Å²) in [6, 6.07) is 7.43. The summed E-state index contributed by atoms with van der Waals surface area (Å²) in [6.07, 6.45) is 3.07. The molecule has 2 N–H and O–H groups in total. The molecule has 2 aliphatic rings. The van der Waals surface area contributed by atoms with Crippen LogP contribution in [0.25, 0.3) is 0 Å². The Morgan fingerprint density at radius 1 is 1.17 bits per heavy atom. The topological polar surface area (TPSA) is 81.8 Å². The van der Waals surface area contributed by atoms with Gasteiger partial charge in [-0.25, -0.2) is 4.79 Å². The van der Waals surface area contributed by atoms with Crippen LogP contribution in [0.3, 0.4) is 0 Å². The predicted molar refractivity (Wildman–Crippen MR) is 90.9 cm³/mol. The van der Waals surface area contributed by atoms with E-state index in [1.54, 1.807) is 0 Å². The van der Waals surface area contributed by atoms with Crippen molar-refractivity contribution in [3.05, 3.63) is 24.3 Å². The number of benzene rings is 1. The molecule has 0 spiro atoms. The lowest BCUT2D eigenvalue weighted by atomic mass is 10.2. The normalized spacial score (nSPS) is 17.3. The highest BCUT2D eigenvalue weighted by molar-refractivity contribution is 6.02. The number of nitrogens with one attached hydrogen (secondary N) is 2. The first kappa shape index (κ1) is 16.3. The van der Waals surface area contributed by atoms with E-state index in [0.717, 1.165) is 29.4 Å². The van der Waals surface area contributed by atoms with Gasteiger partial charge in [0.25, 0.3) is 0 Å². The smallest absolute Gasteiger partial charge is 0.324 e. The lowest BCUT2D eigenvalue weighted by molar-refractivity contribution is -0.125. The van der Waals surface area contributed by atoms with Gasteiger partial charge < -0.3 is 15.5 Å². The van der Waals surface area contributed by atoms with Gasteiger partial charge >= 0.3 is 6.03 Å². The molecule has 0 aromatic heterocycles. The monoisotopic (exact) mass is 330 g/mol. The SMILES string of the molecule is O=C(CCCN1C(=O)CNC1=O)Nc1ccccc1N1CCCC1. The molecule has 24 heavy (non-hydrogen) atoms. The number of rotatable bonds is 6. The highest BCUT2D eigenvalue weighted by Gasteiger charge is 2.27. The fourth-order valence-corrected chi connectivity index (χ4v) is 3.11. The zero-order valence-electron chi connectivity index (χ0n) is 13.6. The van der Waals surface area contributed by atoms with Crippen LogP contribution >= 0.6 is 0 Å². The Morgan fingerprint density at radius 2 is 1.92 bits per heavy atom. The summed E-state index contributed by atoms with van der Waals surface area (Å²) in [4.78, 5) is 38.5. The molecule has 0 aliphatic carbocycles. The van der Waals surface area contributed by atoms with Gasteiger partial charge in [0.2, 0.25) is 11.8 Å². The van der Waals surface area contributed by atoms with Crippen molar-refractivity contribution in [3.63, 3.8) is 0 Å². The van der Waals surface area contributed by atoms with E-state index in [1.165, 1.54) is 12.8 Å². The summed E-state index contributed by atoms with van der Waals surface area (Å²) in [5, 5.41) is 5.42. The second-order valence-electron chi connectivity index (χ2n) is 6.07. The number of amides is 4. The van der Waals surface area contributed by atoms with Crippen molar-refractivity contribution >= 4 is 29.2 Å². The molecule has 1 aromatic carbocycles. The Balaban J connectivity index is 1.52. The van der Waals surface area contributed by atoms with Gasteiger partial charge in [-0.05, 0) is 31.4 Å². The third-order valence-electron chi connectivity index (χ3n) is 4.35. The molecular formula is C17H22N4O3. The van der Waals surface area contributed by atoms with Gasteiger partial charge in [0, 0.05) is 26.1 Å². The molecule has 128 valence electrons. The third kappa shape index (κ3) is 3.67. The number of imide groups is 1. The third-order valence-corrected chi connectivity index (χ3v) is 4.35. The van der Waals surface area contributed by atoms with Crippen molar-refractivity contribution < 1.29 is 14.4 Å². The number of carbonyl (C=O) groups is 3. The summed E-state index contributed by atoms with van der Waals surface area (Å²) < 4.78 is 0. The van der Waals surface area contributed by atoms with Gasteiger partial charge in [-0.2, -0.15) is 0 Å². The minimum Gasteiger partial charge on any atom is -0.370 e. The molecule has 2 aliphatic heterocycles. The number of para-hydroxylation sites is 2. The number of urea groups is 1. The fraction of sp³-hybridized carbons (Fsp3) is 0.471. The number of carbonyl (C=O) groups excluding carboxylic acids is 3. The molecule has 0 bridgehead atoms. The lowest BCUT2D eigenvalue weighted by Crippen LogP contribution is -2.32. The van der Waals surface area contributed by atoms with Crippen LogP contribution in [0.2, 0.25) is 0 Å². The van der Waals surface area contributed by atoms with Gasteiger partial charge in [0.15, 0.2) is 0 Å². The van der Waals surface area contributed by atoms with E-state index in [4.69, 9.17) is 0 Å². The van der Waals surface area contributed by atoms with Crippen LogP contribution in [0, 0.1) is 0 Å². The average Bonchev–Trinajstić information content (AvgIpc) is 3.20. The fourth-order valence-electron chi connectivity index (χ4n) is 3.11. The zero-order valence-corrected chi connectivity index (χ0v) is 13.6. The Hall–Kier alpha value is -2.57. The van der Waals surface area contributed by atoms with Gasteiger partial charge in [0.05, 0.1) is 17.9 Å². The Labute approximate surface area is 141 Å². The number of anilines is 2. The van der Waals surface area contributed by atoms with Crippen LogP contribution in [0.5, 0.6) is 0 Å². The van der Waals surface area contributed by atoms with E-state index < -0.39 is 0 Å². The van der Waals surface area contributed by atoms with Crippen LogP contribution in [0.1, 0.15) is 25.7 Å². The number of hydrogen-bond donors (Lipinski definition) is 2. The Kier molecular flexibility index (Phi) is 4.98. The van der Waals surface area contributed by atoms with Crippen molar-refractivity contribution in [3.8, 4) is 0 Å². The number of nitrogens with zero attached hydrogens (tertiary/aromatic N) is 2. The first-order chi connectivity index (χ1) is 11.6. The molecule has 2 heterocycles. The summed E-state index contributed by atoms with van der Waals surface area (Å²) in [6.45, 7) is 2.35. The molecular weight excluding hydrogens is 308 g/mol. The van der Waals surface area contributed by atoms with Gasteiger partial charge in [-0.1, -0.05) is 12.1 Å². The van der Waals surface area contributed by atoms with Crippen LogP contribution in [0.4, 0.5) is 16.2 Å². The van der Waals surface area contributed by atoms with Crippen molar-refractivity contribution in [2.75, 3.05) is 36.4 Å². The minimum atomic E-state index is -0.375. The quantitative estimate of drug-likeness (QED) is 0.776. The molecule has 0 unspecified atom stereocenters. The highest BCUT2D eigenvalue weighted by Crippen LogP contribution is 2.28. The van der Waals surface area contributed by atoms with E-state index in [-0.39, 0.29) is 37.4 Å². The molecule has 1 aromatic rings. The summed E-state index contributed by atoms with van der Waals surface area (Å²) in [5.74, 6) is -0.339. The van der Waals surface area contributed by atoms with Crippen LogP contribution in [0.15, 0.2) is 24.3 Å². The molecule has 3 rings (SSSR count). The van der Waals surface area contributed by atoms with E-state index in [0.29, 0.717) is 6.42 Å². The van der Waals surface area contributed by atoms with Crippen molar-refractivity contribution in [1.29, 1.82) is 0 Å². The van der Waals surface area contributed by atoms with Gasteiger partial charge in [0.1, 0.15) is 0 Å². The zero-order chi connectivity index (χ0) is 16.9. The molecule has 0 saturated carbocycles. The van der Waals surface area contributed by atoms with E-state index in [1.807, 2.05) is 24.3 Å². The summed E-state index contributed by atoms with van der Waals surface area (Å²) in [5.41, 5.74) is 1.87. The first-order valence-corrected chi connectivity index (χ1v) is 8.37. The van der Waals surface area contributed by atoms with Crippen LogP contribution in [-0.4, -0.2) is 48.9 Å². The van der Waals surface area contributed by atoms with Crippen LogP contribution in [-0.2, 0) is 9.59 Å². The maximum atomic E-state index is 12.2. The Bertz CT molecular complexity index is 624. The predicted octanol–water partition coefficient (Wildman–Crippen LogP) is 1.56. The Morgan fingerprint density at radius 3 is 2.62 bits per heavy atom. The molecule has 2 fully saturated rings. The highest BCUT2D eigenvalue weighted by atomic mass is 16.2. The second kappa shape index (κ2) is 7.33. The molecule has 7 nitrogen and oxygen atoms in total. The number of hydrogen-bond acceptors (Lipinski definition) is 4. The van der Waals surface area contributed by atoms with E-state index >= 15 is 0 Å². The van der Waals surface area contributed by atoms with Crippen LogP contribution < -0.4 is 15.5 Å². The minimum absolute atomic E-state index is 0.0498. The van der Waals surface area contributed by atoms with Gasteiger partial charge in [-0.15, -0.1) is 0 Å². The first-order valence-electron chi connectivity index (χ1n) is 8.37. The maximum absolute atomic E-state index is 12.2. The molecule has 4 amide bonds. The standard InChI is InChI=1S/C17H22N4O3/c22-15(8-5-11-21-16(23)12-18-17(21)24)19-13-6-1-2-7-14(13)20-9-3-4-10-20/h1-2,6-7H,3-5,8-12H2,(H,18,24)(H,19,22). The van der Waals surface area contributed by atoms with Crippen molar-refractivity contribution in [1.82, 2.24) is 10.2 Å². The molecule has 2 saturated heterocycles. The molecule has 0 radical (unpaired) electrons.